The average Bonchev–Trinajstić information content (AvgIpc) is 2.66. The van der Waals surface area contributed by atoms with Crippen molar-refractivity contribution in [3.05, 3.63) is 24.3 Å². The number of aliphatic hydroxyl groups excluding tert-OH is 1. The minimum Gasteiger partial charge on any atom is -0.481 e. The summed E-state index contributed by atoms with van der Waals surface area (Å²) in [5, 5.41) is 9.85. The molecule has 1 atom stereocenters. The van der Waals surface area contributed by atoms with Crippen LogP contribution in [0.3, 0.4) is 0 Å². The van der Waals surface area contributed by atoms with E-state index >= 15 is 0 Å². The zero-order chi connectivity index (χ0) is 13.1. The first-order valence-electron chi connectivity index (χ1n) is 5.96. The lowest BCUT2D eigenvalue weighted by Gasteiger charge is -2.09. The van der Waals surface area contributed by atoms with Crippen molar-refractivity contribution in [3.63, 3.8) is 0 Å². The number of aliphatic hydroxyl groups is 1. The molecule has 1 heterocycles. The zero-order valence-electron chi connectivity index (χ0n) is 10.8. The summed E-state index contributed by atoms with van der Waals surface area (Å²) in [5.74, 6) is 0.992. The molecule has 1 aromatic heterocycles. The molecule has 1 aromatic carbocycles. The van der Waals surface area contributed by atoms with Crippen LogP contribution in [0.4, 0.5) is 5.95 Å². The van der Waals surface area contributed by atoms with Gasteiger partial charge >= 0.3 is 0 Å². The van der Waals surface area contributed by atoms with Gasteiger partial charge in [0.1, 0.15) is 6.23 Å². The van der Waals surface area contributed by atoms with Gasteiger partial charge < -0.3 is 9.84 Å². The summed E-state index contributed by atoms with van der Waals surface area (Å²) in [6.45, 7) is 5.92. The zero-order valence-corrected chi connectivity index (χ0v) is 10.8. The molecule has 2 rings (SSSR count). The molecule has 0 aliphatic carbocycles. The summed E-state index contributed by atoms with van der Waals surface area (Å²) in [7, 11) is 0. The van der Waals surface area contributed by atoms with Crippen LogP contribution in [0.25, 0.3) is 11.0 Å². The van der Waals surface area contributed by atoms with Gasteiger partial charge in [-0.05, 0) is 26.0 Å². The minimum absolute atomic E-state index is 0.456. The summed E-state index contributed by atoms with van der Waals surface area (Å²) in [4.78, 5) is 8.69. The van der Waals surface area contributed by atoms with Crippen molar-refractivity contribution in [2.24, 2.45) is 4.99 Å². The number of ether oxygens (including phenoxy) is 1. The Hall–Kier alpha value is -1.88. The minimum atomic E-state index is -0.689. The van der Waals surface area contributed by atoms with Gasteiger partial charge in [-0.15, -0.1) is 0 Å². The molecule has 0 saturated heterocycles. The van der Waals surface area contributed by atoms with E-state index in [1.54, 1.807) is 18.4 Å². The molecule has 5 heteroatoms. The molecule has 0 aliphatic heterocycles. The molecule has 0 amide bonds. The van der Waals surface area contributed by atoms with E-state index < -0.39 is 6.23 Å². The van der Waals surface area contributed by atoms with Crippen LogP contribution in [0, 0.1) is 0 Å². The standard InChI is InChI=1S/C13H17N3O2/c1-4-18-9(2)14-13-15-11-7-5-6-8-12(11)16(13)10(3)17/h5-8,10,17H,4H2,1-3H3/b14-9+. The summed E-state index contributed by atoms with van der Waals surface area (Å²) in [6.07, 6.45) is -0.689. The van der Waals surface area contributed by atoms with Gasteiger partial charge in [0, 0.05) is 6.92 Å². The van der Waals surface area contributed by atoms with Gasteiger partial charge in [-0.2, -0.15) is 4.99 Å². The van der Waals surface area contributed by atoms with E-state index in [9.17, 15) is 5.11 Å². The highest BCUT2D eigenvalue weighted by Crippen LogP contribution is 2.25. The van der Waals surface area contributed by atoms with E-state index in [4.69, 9.17) is 4.74 Å². The van der Waals surface area contributed by atoms with Crippen molar-refractivity contribution < 1.29 is 9.84 Å². The first-order valence-corrected chi connectivity index (χ1v) is 5.96. The number of imidazole rings is 1. The van der Waals surface area contributed by atoms with Gasteiger partial charge in [0.05, 0.1) is 17.6 Å². The van der Waals surface area contributed by atoms with E-state index in [-0.39, 0.29) is 0 Å². The molecular formula is C13H17N3O2. The molecule has 96 valence electrons. The second-order valence-corrected chi connectivity index (χ2v) is 3.97. The number of hydrogen-bond donors (Lipinski definition) is 1. The topological polar surface area (TPSA) is 59.6 Å². The quantitative estimate of drug-likeness (QED) is 0.670. The molecule has 5 nitrogen and oxygen atoms in total. The van der Waals surface area contributed by atoms with E-state index in [0.717, 1.165) is 11.0 Å². The number of rotatable bonds is 3. The lowest BCUT2D eigenvalue weighted by Crippen LogP contribution is -2.05. The van der Waals surface area contributed by atoms with Crippen LogP contribution in [-0.4, -0.2) is 27.2 Å². The number of aromatic nitrogens is 2. The fourth-order valence-electron chi connectivity index (χ4n) is 1.86. The number of para-hydroxylation sites is 2. The molecule has 1 N–H and O–H groups in total. The predicted octanol–water partition coefficient (Wildman–Crippen LogP) is 2.63. The maximum atomic E-state index is 9.85. The van der Waals surface area contributed by atoms with Gasteiger partial charge in [0.25, 0.3) is 0 Å². The molecule has 18 heavy (non-hydrogen) atoms. The largest absolute Gasteiger partial charge is 0.481 e. The summed E-state index contributed by atoms with van der Waals surface area (Å²) in [5.41, 5.74) is 1.66. The molecule has 0 saturated carbocycles. The van der Waals surface area contributed by atoms with E-state index in [1.165, 1.54) is 0 Å². The number of benzene rings is 1. The van der Waals surface area contributed by atoms with Crippen LogP contribution in [-0.2, 0) is 4.74 Å². The maximum absolute atomic E-state index is 9.85. The van der Waals surface area contributed by atoms with Gasteiger partial charge in [-0.1, -0.05) is 12.1 Å². The maximum Gasteiger partial charge on any atom is 0.235 e. The molecule has 0 spiro atoms. The molecular weight excluding hydrogens is 230 g/mol. The van der Waals surface area contributed by atoms with Crippen LogP contribution in [0.5, 0.6) is 0 Å². The highest BCUT2D eigenvalue weighted by atomic mass is 16.5. The van der Waals surface area contributed by atoms with Crippen molar-refractivity contribution in [3.8, 4) is 0 Å². The SMILES string of the molecule is CCO/C(C)=N/c1nc2ccccc2n1C(C)O. The van der Waals surface area contributed by atoms with Gasteiger partial charge in [-0.3, -0.25) is 4.57 Å². The van der Waals surface area contributed by atoms with Gasteiger partial charge in [-0.25, -0.2) is 4.98 Å². The fourth-order valence-corrected chi connectivity index (χ4v) is 1.86. The third kappa shape index (κ3) is 2.36. The Bertz CT molecular complexity index is 573. The van der Waals surface area contributed by atoms with Gasteiger partial charge in [0.15, 0.2) is 5.90 Å². The van der Waals surface area contributed by atoms with Crippen molar-refractivity contribution in [2.45, 2.75) is 27.0 Å². The normalized spacial score (nSPS) is 13.9. The van der Waals surface area contributed by atoms with Crippen molar-refractivity contribution in [1.82, 2.24) is 9.55 Å². The first-order chi connectivity index (χ1) is 8.63. The Morgan fingerprint density at radius 3 is 2.89 bits per heavy atom. The molecule has 0 fully saturated rings. The summed E-state index contributed by atoms with van der Waals surface area (Å²) in [6, 6.07) is 7.61. The second-order valence-electron chi connectivity index (χ2n) is 3.97. The number of hydrogen-bond acceptors (Lipinski definition) is 4. The smallest absolute Gasteiger partial charge is 0.235 e. The Labute approximate surface area is 106 Å². The first kappa shape index (κ1) is 12.6. The van der Waals surface area contributed by atoms with Crippen LogP contribution in [0.2, 0.25) is 0 Å². The van der Waals surface area contributed by atoms with E-state index in [1.807, 2.05) is 31.2 Å². The molecule has 2 aromatic rings. The lowest BCUT2D eigenvalue weighted by atomic mass is 10.3. The third-order valence-electron chi connectivity index (χ3n) is 2.56. The Morgan fingerprint density at radius 2 is 2.22 bits per heavy atom. The van der Waals surface area contributed by atoms with Crippen LogP contribution >= 0.6 is 0 Å². The number of nitrogens with zero attached hydrogens (tertiary/aromatic N) is 3. The Balaban J connectivity index is 2.56. The van der Waals surface area contributed by atoms with Crippen LogP contribution in [0.15, 0.2) is 29.3 Å². The molecule has 0 radical (unpaired) electrons. The fraction of sp³-hybridized carbons (Fsp3) is 0.385. The van der Waals surface area contributed by atoms with E-state index in [0.29, 0.717) is 18.5 Å². The van der Waals surface area contributed by atoms with Crippen LogP contribution in [0.1, 0.15) is 27.0 Å². The number of aliphatic imine (C=N–C) groups is 1. The van der Waals surface area contributed by atoms with Gasteiger partial charge in [0.2, 0.25) is 5.95 Å². The highest BCUT2D eigenvalue weighted by Gasteiger charge is 2.13. The third-order valence-corrected chi connectivity index (χ3v) is 2.56. The lowest BCUT2D eigenvalue weighted by molar-refractivity contribution is 0.130. The predicted molar refractivity (Wildman–Crippen MR) is 71.1 cm³/mol. The van der Waals surface area contributed by atoms with Crippen molar-refractivity contribution in [2.75, 3.05) is 6.61 Å². The molecule has 0 bridgehead atoms. The van der Waals surface area contributed by atoms with Crippen molar-refractivity contribution in [1.29, 1.82) is 0 Å². The highest BCUT2D eigenvalue weighted by molar-refractivity contribution is 5.81. The average molecular weight is 247 g/mol. The molecule has 0 aliphatic rings. The number of fused-ring (bicyclic) bond motifs is 1. The summed E-state index contributed by atoms with van der Waals surface area (Å²) >= 11 is 0. The van der Waals surface area contributed by atoms with E-state index in [2.05, 4.69) is 9.98 Å². The molecule has 1 unspecified atom stereocenters. The Morgan fingerprint density at radius 1 is 1.50 bits per heavy atom. The van der Waals surface area contributed by atoms with Crippen LogP contribution < -0.4 is 0 Å². The monoisotopic (exact) mass is 247 g/mol. The second kappa shape index (κ2) is 5.18. The summed E-state index contributed by atoms with van der Waals surface area (Å²) < 4.78 is 6.97. The Kier molecular flexibility index (Phi) is 3.62. The van der Waals surface area contributed by atoms with Crippen molar-refractivity contribution >= 4 is 22.9 Å².